The summed E-state index contributed by atoms with van der Waals surface area (Å²) >= 11 is 1.57. The Morgan fingerprint density at radius 2 is 1.83 bits per heavy atom. The number of anilines is 1. The van der Waals surface area contributed by atoms with Crippen molar-refractivity contribution in [1.82, 2.24) is 4.98 Å². The summed E-state index contributed by atoms with van der Waals surface area (Å²) in [5.74, 6) is 2.09. The number of aromatic nitrogens is 1. The van der Waals surface area contributed by atoms with E-state index in [1.165, 1.54) is 0 Å². The molecule has 1 aromatic carbocycles. The third-order valence-electron chi connectivity index (χ3n) is 3.43. The summed E-state index contributed by atoms with van der Waals surface area (Å²) in [5, 5.41) is 0. The number of hydrogen-bond acceptors (Lipinski definition) is 5. The van der Waals surface area contributed by atoms with Gasteiger partial charge in [0.25, 0.3) is 0 Å². The van der Waals surface area contributed by atoms with E-state index >= 15 is 0 Å². The molecule has 0 aliphatic carbocycles. The largest absolute Gasteiger partial charge is 0.497 e. The molecule has 0 atom stereocenters. The number of nitrogens with zero attached hydrogens (tertiary/aromatic N) is 2. The molecule has 0 N–H and O–H groups in total. The predicted octanol–water partition coefficient (Wildman–Crippen LogP) is 3.00. The predicted molar refractivity (Wildman–Crippen MR) is 97.6 cm³/mol. The van der Waals surface area contributed by atoms with Gasteiger partial charge in [-0.15, -0.1) is 11.8 Å². The highest BCUT2D eigenvalue weighted by atomic mass is 32.2. The van der Waals surface area contributed by atoms with Crippen LogP contribution < -0.4 is 9.64 Å². The van der Waals surface area contributed by atoms with Crippen molar-refractivity contribution < 1.29 is 14.3 Å². The highest BCUT2D eigenvalue weighted by molar-refractivity contribution is 7.99. The summed E-state index contributed by atoms with van der Waals surface area (Å²) in [6.07, 6.45) is 3.39. The number of thioether (sulfide) groups is 1. The van der Waals surface area contributed by atoms with E-state index in [1.807, 2.05) is 36.4 Å². The first kappa shape index (κ1) is 18.3. The smallest absolute Gasteiger partial charge is 0.237 e. The number of carbonyl (C=O) groups is 1. The third kappa shape index (κ3) is 5.54. The molecular weight excluding hydrogens is 324 g/mol. The molecule has 0 aliphatic rings. The van der Waals surface area contributed by atoms with Crippen molar-refractivity contribution in [2.75, 3.05) is 37.2 Å². The Kier molecular flexibility index (Phi) is 7.58. The second-order valence-electron chi connectivity index (χ2n) is 5.08. The topological polar surface area (TPSA) is 51.7 Å². The lowest BCUT2D eigenvalue weighted by Crippen LogP contribution is -2.32. The molecule has 6 heteroatoms. The summed E-state index contributed by atoms with van der Waals surface area (Å²) in [7, 11) is 3.30. The average Bonchev–Trinajstić information content (AvgIpc) is 2.64. The molecule has 0 bridgehead atoms. The van der Waals surface area contributed by atoms with Crippen LogP contribution in [0.1, 0.15) is 5.56 Å². The lowest BCUT2D eigenvalue weighted by atomic mass is 10.2. The molecule has 128 valence electrons. The summed E-state index contributed by atoms with van der Waals surface area (Å²) in [4.78, 5) is 18.5. The molecular formula is C18H22N2O3S. The molecule has 0 aliphatic heterocycles. The van der Waals surface area contributed by atoms with Crippen LogP contribution in [0, 0.1) is 0 Å². The highest BCUT2D eigenvalue weighted by Gasteiger charge is 2.16. The van der Waals surface area contributed by atoms with E-state index in [0.29, 0.717) is 18.9 Å². The van der Waals surface area contributed by atoms with Gasteiger partial charge in [-0.3, -0.25) is 9.78 Å². The van der Waals surface area contributed by atoms with E-state index < -0.39 is 0 Å². The van der Waals surface area contributed by atoms with Crippen LogP contribution in [0.4, 0.5) is 5.69 Å². The van der Waals surface area contributed by atoms with Crippen LogP contribution in [0.15, 0.2) is 48.8 Å². The van der Waals surface area contributed by atoms with Crippen LogP contribution in [0.25, 0.3) is 0 Å². The monoisotopic (exact) mass is 346 g/mol. The van der Waals surface area contributed by atoms with Crippen LogP contribution in [-0.4, -0.2) is 43.2 Å². The van der Waals surface area contributed by atoms with Gasteiger partial charge in [0.15, 0.2) is 0 Å². The SMILES string of the molecule is COCCSCC(=O)N(Cc1ccc(OC)cc1)c1ccncc1. The van der Waals surface area contributed by atoms with E-state index in [0.717, 1.165) is 22.8 Å². The van der Waals surface area contributed by atoms with Gasteiger partial charge in [-0.1, -0.05) is 12.1 Å². The molecule has 0 spiro atoms. The minimum absolute atomic E-state index is 0.0677. The van der Waals surface area contributed by atoms with E-state index in [2.05, 4.69) is 4.98 Å². The molecule has 24 heavy (non-hydrogen) atoms. The first-order chi connectivity index (χ1) is 11.7. The van der Waals surface area contributed by atoms with Gasteiger partial charge < -0.3 is 14.4 Å². The average molecular weight is 346 g/mol. The zero-order valence-corrected chi connectivity index (χ0v) is 14.8. The summed E-state index contributed by atoms with van der Waals surface area (Å²) in [6.45, 7) is 1.16. The summed E-state index contributed by atoms with van der Waals surface area (Å²) < 4.78 is 10.2. The van der Waals surface area contributed by atoms with Crippen molar-refractivity contribution in [2.24, 2.45) is 0 Å². The van der Waals surface area contributed by atoms with Gasteiger partial charge >= 0.3 is 0 Å². The second-order valence-corrected chi connectivity index (χ2v) is 6.18. The first-order valence-electron chi connectivity index (χ1n) is 7.64. The lowest BCUT2D eigenvalue weighted by molar-refractivity contribution is -0.116. The second kappa shape index (κ2) is 9.95. The van der Waals surface area contributed by atoms with Crippen LogP contribution >= 0.6 is 11.8 Å². The van der Waals surface area contributed by atoms with Crippen LogP contribution in [0.3, 0.4) is 0 Å². The number of methoxy groups -OCH3 is 2. The number of pyridine rings is 1. The number of carbonyl (C=O) groups excluding carboxylic acids is 1. The number of amides is 1. The first-order valence-corrected chi connectivity index (χ1v) is 8.80. The number of ether oxygens (including phenoxy) is 2. The summed E-state index contributed by atoms with van der Waals surface area (Å²) in [6, 6.07) is 11.4. The number of hydrogen-bond donors (Lipinski definition) is 0. The van der Waals surface area contributed by atoms with E-state index in [4.69, 9.17) is 9.47 Å². The Morgan fingerprint density at radius 1 is 1.12 bits per heavy atom. The van der Waals surface area contributed by atoms with Crippen molar-refractivity contribution in [3.8, 4) is 5.75 Å². The van der Waals surface area contributed by atoms with Crippen LogP contribution in [-0.2, 0) is 16.1 Å². The molecule has 0 saturated carbocycles. The van der Waals surface area contributed by atoms with Crippen molar-refractivity contribution in [3.05, 3.63) is 54.4 Å². The Hall–Kier alpha value is -2.05. The molecule has 2 rings (SSSR count). The summed E-state index contributed by atoms with van der Waals surface area (Å²) in [5.41, 5.74) is 1.89. The van der Waals surface area contributed by atoms with E-state index in [9.17, 15) is 4.79 Å². The highest BCUT2D eigenvalue weighted by Crippen LogP contribution is 2.19. The molecule has 0 unspecified atom stereocenters. The quantitative estimate of drug-likeness (QED) is 0.653. The molecule has 0 fully saturated rings. The van der Waals surface area contributed by atoms with Gasteiger partial charge in [-0.05, 0) is 29.8 Å². The number of benzene rings is 1. The normalized spacial score (nSPS) is 10.4. The van der Waals surface area contributed by atoms with Crippen molar-refractivity contribution >= 4 is 23.4 Å². The maximum absolute atomic E-state index is 12.7. The van der Waals surface area contributed by atoms with Crippen LogP contribution in [0.2, 0.25) is 0 Å². The number of rotatable bonds is 9. The molecule has 0 saturated heterocycles. The molecule has 1 aromatic heterocycles. The fraction of sp³-hybridized carbons (Fsp3) is 0.333. The van der Waals surface area contributed by atoms with E-state index in [-0.39, 0.29) is 5.91 Å². The van der Waals surface area contributed by atoms with Crippen molar-refractivity contribution in [3.63, 3.8) is 0 Å². The van der Waals surface area contributed by atoms with Gasteiger partial charge in [0.2, 0.25) is 5.91 Å². The Morgan fingerprint density at radius 3 is 2.46 bits per heavy atom. The fourth-order valence-electron chi connectivity index (χ4n) is 2.14. The maximum Gasteiger partial charge on any atom is 0.237 e. The van der Waals surface area contributed by atoms with Gasteiger partial charge in [-0.2, -0.15) is 0 Å². The zero-order valence-electron chi connectivity index (χ0n) is 14.0. The molecule has 1 amide bonds. The lowest BCUT2D eigenvalue weighted by Gasteiger charge is -2.23. The van der Waals surface area contributed by atoms with E-state index in [1.54, 1.807) is 43.3 Å². The standard InChI is InChI=1S/C18H22N2O3S/c1-22-11-12-24-14-18(21)20(16-7-9-19-10-8-16)13-15-3-5-17(23-2)6-4-15/h3-10H,11-14H2,1-2H3. The van der Waals surface area contributed by atoms with Crippen molar-refractivity contribution in [1.29, 1.82) is 0 Å². The van der Waals surface area contributed by atoms with Crippen LogP contribution in [0.5, 0.6) is 5.75 Å². The third-order valence-corrected chi connectivity index (χ3v) is 4.34. The Bertz CT molecular complexity index is 620. The minimum atomic E-state index is 0.0677. The molecule has 0 radical (unpaired) electrons. The Labute approximate surface area is 147 Å². The molecule has 2 aromatic rings. The molecule has 1 heterocycles. The molecule has 5 nitrogen and oxygen atoms in total. The van der Waals surface area contributed by atoms with Gasteiger partial charge in [0, 0.05) is 30.9 Å². The van der Waals surface area contributed by atoms with Gasteiger partial charge in [-0.25, -0.2) is 0 Å². The minimum Gasteiger partial charge on any atom is -0.497 e. The Balaban J connectivity index is 2.09. The fourth-order valence-corrected chi connectivity index (χ4v) is 2.90. The van der Waals surface area contributed by atoms with Gasteiger partial charge in [0.05, 0.1) is 26.0 Å². The zero-order chi connectivity index (χ0) is 17.2. The maximum atomic E-state index is 12.7. The van der Waals surface area contributed by atoms with Crippen molar-refractivity contribution in [2.45, 2.75) is 6.54 Å². The van der Waals surface area contributed by atoms with Gasteiger partial charge in [0.1, 0.15) is 5.75 Å².